The SMILES string of the molecule is CCOCCCN1C(=O)NC(c2ccc(OC)c(O)c2)C(c2nc(-c3ccc(CC)cc3)no2)=C1C. The van der Waals surface area contributed by atoms with E-state index in [0.29, 0.717) is 60.5 Å². The number of aromatic hydroxyl groups is 1. The molecule has 0 fully saturated rings. The lowest BCUT2D eigenvalue weighted by Crippen LogP contribution is -2.46. The third kappa shape index (κ3) is 5.21. The molecule has 2 aromatic carbocycles. The van der Waals surface area contributed by atoms with E-state index in [0.717, 1.165) is 12.0 Å². The van der Waals surface area contributed by atoms with E-state index in [1.54, 1.807) is 23.1 Å². The summed E-state index contributed by atoms with van der Waals surface area (Å²) in [5.74, 6) is 1.08. The van der Waals surface area contributed by atoms with Crippen molar-refractivity contribution in [2.24, 2.45) is 0 Å². The number of phenolic OH excluding ortho intramolecular Hbond substituents is 1. The van der Waals surface area contributed by atoms with Crippen LogP contribution in [0, 0.1) is 0 Å². The van der Waals surface area contributed by atoms with Crippen molar-refractivity contribution in [2.45, 2.75) is 39.7 Å². The summed E-state index contributed by atoms with van der Waals surface area (Å²) in [4.78, 5) is 19.5. The Hall–Kier alpha value is -3.85. The summed E-state index contributed by atoms with van der Waals surface area (Å²) in [6, 6.07) is 12.2. The second-order valence-corrected chi connectivity index (χ2v) is 8.49. The van der Waals surface area contributed by atoms with Crippen molar-refractivity contribution in [3.8, 4) is 22.9 Å². The van der Waals surface area contributed by atoms with Gasteiger partial charge in [-0.1, -0.05) is 42.4 Å². The molecule has 2 amide bonds. The van der Waals surface area contributed by atoms with Crippen molar-refractivity contribution in [2.75, 3.05) is 26.9 Å². The van der Waals surface area contributed by atoms with Crippen molar-refractivity contribution in [1.29, 1.82) is 0 Å². The molecule has 9 nitrogen and oxygen atoms in total. The highest BCUT2D eigenvalue weighted by molar-refractivity contribution is 5.87. The van der Waals surface area contributed by atoms with Crippen molar-refractivity contribution >= 4 is 11.6 Å². The van der Waals surface area contributed by atoms with Gasteiger partial charge in [0, 0.05) is 31.0 Å². The number of aryl methyl sites for hydroxylation is 1. The van der Waals surface area contributed by atoms with Gasteiger partial charge >= 0.3 is 6.03 Å². The van der Waals surface area contributed by atoms with Gasteiger partial charge in [-0.2, -0.15) is 4.98 Å². The van der Waals surface area contributed by atoms with E-state index in [1.807, 2.05) is 38.1 Å². The van der Waals surface area contributed by atoms with Crippen molar-refractivity contribution in [1.82, 2.24) is 20.4 Å². The Balaban J connectivity index is 1.74. The molecular weight excluding hydrogens is 460 g/mol. The topological polar surface area (TPSA) is 110 Å². The molecule has 0 saturated carbocycles. The van der Waals surface area contributed by atoms with Crippen molar-refractivity contribution in [3.05, 3.63) is 65.2 Å². The maximum Gasteiger partial charge on any atom is 0.322 e. The van der Waals surface area contributed by atoms with Crippen LogP contribution in [0.3, 0.4) is 0 Å². The first-order valence-electron chi connectivity index (χ1n) is 12.1. The number of urea groups is 1. The smallest absolute Gasteiger partial charge is 0.322 e. The summed E-state index contributed by atoms with van der Waals surface area (Å²) in [5.41, 5.74) is 4.09. The highest BCUT2D eigenvalue weighted by atomic mass is 16.5. The van der Waals surface area contributed by atoms with Crippen LogP contribution in [0.5, 0.6) is 11.5 Å². The fourth-order valence-corrected chi connectivity index (χ4v) is 4.27. The zero-order valence-corrected chi connectivity index (χ0v) is 21.1. The molecule has 1 aliphatic heterocycles. The Kier molecular flexibility index (Phi) is 7.90. The van der Waals surface area contributed by atoms with Gasteiger partial charge in [0.05, 0.1) is 18.7 Å². The van der Waals surface area contributed by atoms with Gasteiger partial charge in [0.1, 0.15) is 0 Å². The second kappa shape index (κ2) is 11.3. The maximum atomic E-state index is 13.1. The van der Waals surface area contributed by atoms with Crippen molar-refractivity contribution in [3.63, 3.8) is 0 Å². The quantitative estimate of drug-likeness (QED) is 0.386. The summed E-state index contributed by atoms with van der Waals surface area (Å²) >= 11 is 0. The predicted octanol–water partition coefficient (Wildman–Crippen LogP) is 4.94. The highest BCUT2D eigenvalue weighted by Gasteiger charge is 2.36. The van der Waals surface area contributed by atoms with Crippen LogP contribution in [0.1, 0.15) is 50.3 Å². The molecule has 1 unspecified atom stereocenters. The largest absolute Gasteiger partial charge is 0.504 e. The van der Waals surface area contributed by atoms with Crippen LogP contribution in [0.4, 0.5) is 4.79 Å². The Morgan fingerprint density at radius 3 is 2.61 bits per heavy atom. The summed E-state index contributed by atoms with van der Waals surface area (Å²) in [7, 11) is 1.49. The number of allylic oxidation sites excluding steroid dienone is 1. The molecule has 4 rings (SSSR count). The molecule has 0 bridgehead atoms. The number of nitrogens with zero attached hydrogens (tertiary/aromatic N) is 3. The maximum absolute atomic E-state index is 13.1. The molecular formula is C27H32N4O5. The molecule has 36 heavy (non-hydrogen) atoms. The predicted molar refractivity (Wildman–Crippen MR) is 135 cm³/mol. The molecule has 1 aliphatic rings. The lowest BCUT2D eigenvalue weighted by atomic mass is 9.94. The first kappa shape index (κ1) is 25.2. The minimum absolute atomic E-state index is 0.0253. The molecule has 0 radical (unpaired) electrons. The number of carbonyl (C=O) groups excluding carboxylic acids is 1. The first-order valence-corrected chi connectivity index (χ1v) is 12.1. The van der Waals surface area contributed by atoms with Crippen LogP contribution in [-0.2, 0) is 11.2 Å². The number of benzene rings is 2. The van der Waals surface area contributed by atoms with E-state index in [-0.39, 0.29) is 11.8 Å². The van der Waals surface area contributed by atoms with E-state index in [4.69, 9.17) is 14.0 Å². The number of carbonyl (C=O) groups is 1. The average molecular weight is 493 g/mol. The van der Waals surface area contributed by atoms with Gasteiger partial charge in [0.25, 0.3) is 5.89 Å². The van der Waals surface area contributed by atoms with Gasteiger partial charge in [-0.15, -0.1) is 0 Å². The average Bonchev–Trinajstić information content (AvgIpc) is 3.37. The van der Waals surface area contributed by atoms with Crippen molar-refractivity contribution < 1.29 is 23.9 Å². The third-order valence-corrected chi connectivity index (χ3v) is 6.28. The lowest BCUT2D eigenvalue weighted by Gasteiger charge is -2.35. The Bertz CT molecular complexity index is 1240. The fourth-order valence-electron chi connectivity index (χ4n) is 4.27. The minimum atomic E-state index is -0.604. The summed E-state index contributed by atoms with van der Waals surface area (Å²) in [6.45, 7) is 7.56. The van der Waals surface area contributed by atoms with Crippen LogP contribution < -0.4 is 10.1 Å². The molecule has 0 aliphatic carbocycles. The Morgan fingerprint density at radius 1 is 1.17 bits per heavy atom. The van der Waals surface area contributed by atoms with Gasteiger partial charge in [0.15, 0.2) is 11.5 Å². The minimum Gasteiger partial charge on any atom is -0.504 e. The number of nitrogens with one attached hydrogen (secondary N) is 1. The summed E-state index contributed by atoms with van der Waals surface area (Å²) in [6.07, 6.45) is 1.62. The molecule has 3 aromatic rings. The highest BCUT2D eigenvalue weighted by Crippen LogP contribution is 2.39. The molecule has 0 spiro atoms. The molecule has 2 heterocycles. The van der Waals surface area contributed by atoms with Crippen LogP contribution in [-0.4, -0.2) is 53.0 Å². The van der Waals surface area contributed by atoms with Crippen LogP contribution in [0.2, 0.25) is 0 Å². The number of amides is 2. The van der Waals surface area contributed by atoms with Gasteiger partial charge in [-0.05, 0) is 49.9 Å². The standard InChI is InChI=1S/C27H32N4O5/c1-5-18-8-10-19(11-9-18)25-29-26(36-30-25)23-17(3)31(14-7-15-35-6-2)27(33)28-24(23)20-12-13-22(34-4)21(32)16-20/h8-13,16,24,32H,5-7,14-15H2,1-4H3,(H,28,33). The third-order valence-electron chi connectivity index (χ3n) is 6.28. The number of phenols is 1. The first-order chi connectivity index (χ1) is 17.5. The number of methoxy groups -OCH3 is 1. The normalized spacial score (nSPS) is 15.8. The van der Waals surface area contributed by atoms with Crippen LogP contribution >= 0.6 is 0 Å². The van der Waals surface area contributed by atoms with E-state index in [9.17, 15) is 9.90 Å². The summed E-state index contributed by atoms with van der Waals surface area (Å²) in [5, 5.41) is 17.6. The van der Waals surface area contributed by atoms with E-state index >= 15 is 0 Å². The monoisotopic (exact) mass is 492 g/mol. The zero-order chi connectivity index (χ0) is 25.7. The molecule has 2 N–H and O–H groups in total. The van der Waals surface area contributed by atoms with Gasteiger partial charge in [0.2, 0.25) is 5.82 Å². The number of aromatic nitrogens is 2. The zero-order valence-electron chi connectivity index (χ0n) is 21.1. The number of rotatable bonds is 10. The Morgan fingerprint density at radius 2 is 1.94 bits per heavy atom. The molecule has 1 aromatic heterocycles. The molecule has 1 atom stereocenters. The van der Waals surface area contributed by atoms with Crippen LogP contribution in [0.15, 0.2) is 52.7 Å². The number of hydrogen-bond acceptors (Lipinski definition) is 7. The Labute approximate surface area is 210 Å². The van der Waals surface area contributed by atoms with Crippen LogP contribution in [0.25, 0.3) is 17.0 Å². The fraction of sp³-hybridized carbons (Fsp3) is 0.370. The van der Waals surface area contributed by atoms with Gasteiger partial charge < -0.3 is 24.4 Å². The molecule has 9 heteroatoms. The van der Waals surface area contributed by atoms with E-state index < -0.39 is 6.04 Å². The molecule has 190 valence electrons. The second-order valence-electron chi connectivity index (χ2n) is 8.49. The lowest BCUT2D eigenvalue weighted by molar-refractivity contribution is 0.136. The number of ether oxygens (including phenoxy) is 2. The summed E-state index contributed by atoms with van der Waals surface area (Å²) < 4.78 is 16.4. The van der Waals surface area contributed by atoms with E-state index in [2.05, 4.69) is 22.4 Å². The van der Waals surface area contributed by atoms with Gasteiger partial charge in [-0.25, -0.2) is 4.79 Å². The number of hydrogen-bond donors (Lipinski definition) is 2. The van der Waals surface area contributed by atoms with Gasteiger partial charge in [-0.3, -0.25) is 4.90 Å². The van der Waals surface area contributed by atoms with E-state index in [1.165, 1.54) is 12.7 Å². The molecule has 0 saturated heterocycles.